The van der Waals surface area contributed by atoms with Crippen LogP contribution in [0.4, 0.5) is 15.8 Å². The number of nitrogens with zero attached hydrogens (tertiary/aromatic N) is 1. The largest absolute Gasteiger partial charge is 0.341 e. The maximum atomic E-state index is 13.7. The summed E-state index contributed by atoms with van der Waals surface area (Å²) in [4.78, 5) is 40.4. The monoisotopic (exact) mass is 427 g/mol. The van der Waals surface area contributed by atoms with E-state index in [4.69, 9.17) is 0 Å². The van der Waals surface area contributed by atoms with Crippen molar-refractivity contribution in [1.82, 2.24) is 4.90 Å². The van der Waals surface area contributed by atoms with Crippen molar-refractivity contribution in [2.45, 2.75) is 29.9 Å². The SMILES string of the molecule is Cc1ccc(NC(=O)C2CCN(C(=O)[C@@H]3Sc4ccccc4NC3=O)CC2)cc1F. The van der Waals surface area contributed by atoms with Gasteiger partial charge in [-0.15, -0.1) is 11.8 Å². The predicted octanol–water partition coefficient (Wildman–Crippen LogP) is 3.42. The Morgan fingerprint density at radius 2 is 1.90 bits per heavy atom. The average Bonchev–Trinajstić information content (AvgIpc) is 2.75. The second-order valence-corrected chi connectivity index (χ2v) is 8.68. The van der Waals surface area contributed by atoms with Gasteiger partial charge in [0.25, 0.3) is 0 Å². The minimum Gasteiger partial charge on any atom is -0.341 e. The van der Waals surface area contributed by atoms with Gasteiger partial charge in [-0.05, 0) is 49.6 Å². The third kappa shape index (κ3) is 4.18. The van der Waals surface area contributed by atoms with Gasteiger partial charge in [-0.3, -0.25) is 14.4 Å². The predicted molar refractivity (Wildman–Crippen MR) is 114 cm³/mol. The number of halogens is 1. The molecule has 4 rings (SSSR count). The fourth-order valence-corrected chi connectivity index (χ4v) is 4.73. The fourth-order valence-electron chi connectivity index (χ4n) is 3.66. The molecule has 1 atom stereocenters. The maximum Gasteiger partial charge on any atom is 0.247 e. The summed E-state index contributed by atoms with van der Waals surface area (Å²) < 4.78 is 13.7. The Morgan fingerprint density at radius 1 is 1.17 bits per heavy atom. The summed E-state index contributed by atoms with van der Waals surface area (Å²) in [5, 5.41) is 4.73. The summed E-state index contributed by atoms with van der Waals surface area (Å²) in [6, 6.07) is 12.0. The van der Waals surface area contributed by atoms with Gasteiger partial charge in [0.1, 0.15) is 5.82 Å². The summed E-state index contributed by atoms with van der Waals surface area (Å²) in [7, 11) is 0. The molecule has 0 unspecified atom stereocenters. The third-order valence-electron chi connectivity index (χ3n) is 5.47. The van der Waals surface area contributed by atoms with E-state index >= 15 is 0 Å². The Bertz CT molecular complexity index is 1000. The van der Waals surface area contributed by atoms with Crippen molar-refractivity contribution in [2.24, 2.45) is 5.92 Å². The van der Waals surface area contributed by atoms with Gasteiger partial charge in [0, 0.05) is 29.6 Å². The first-order valence-corrected chi connectivity index (χ1v) is 10.7. The van der Waals surface area contributed by atoms with E-state index in [9.17, 15) is 18.8 Å². The molecule has 2 heterocycles. The van der Waals surface area contributed by atoms with Crippen molar-refractivity contribution in [3.63, 3.8) is 0 Å². The highest BCUT2D eigenvalue weighted by Gasteiger charge is 2.37. The molecule has 0 radical (unpaired) electrons. The van der Waals surface area contributed by atoms with Gasteiger partial charge in [0.15, 0.2) is 5.25 Å². The van der Waals surface area contributed by atoms with Crippen molar-refractivity contribution >= 4 is 40.9 Å². The van der Waals surface area contributed by atoms with Gasteiger partial charge < -0.3 is 15.5 Å². The summed E-state index contributed by atoms with van der Waals surface area (Å²) in [5.41, 5.74) is 1.67. The van der Waals surface area contributed by atoms with E-state index in [1.54, 1.807) is 24.0 Å². The fraction of sp³-hybridized carbons (Fsp3) is 0.318. The zero-order valence-electron chi connectivity index (χ0n) is 16.5. The van der Waals surface area contributed by atoms with Crippen LogP contribution < -0.4 is 10.6 Å². The van der Waals surface area contributed by atoms with Crippen LogP contribution in [-0.2, 0) is 14.4 Å². The number of nitrogens with one attached hydrogen (secondary N) is 2. The molecule has 0 aliphatic carbocycles. The number of anilines is 2. The van der Waals surface area contributed by atoms with Crippen LogP contribution in [0, 0.1) is 18.7 Å². The standard InChI is InChI=1S/C22H22FN3O3S/c1-13-6-7-15(12-16(13)23)24-20(27)14-8-10-26(11-9-14)22(29)19-21(28)25-17-4-2-3-5-18(17)30-19/h2-7,12,14,19H,8-11H2,1H3,(H,24,27)(H,25,28)/t19-/m1/s1. The number of benzene rings is 2. The van der Waals surface area contributed by atoms with Crippen molar-refractivity contribution in [3.05, 3.63) is 53.8 Å². The summed E-state index contributed by atoms with van der Waals surface area (Å²) in [6.45, 7) is 2.48. The van der Waals surface area contributed by atoms with Gasteiger partial charge in [0.05, 0.1) is 5.69 Å². The van der Waals surface area contributed by atoms with Crippen molar-refractivity contribution in [3.8, 4) is 0 Å². The van der Waals surface area contributed by atoms with E-state index in [-0.39, 0.29) is 29.5 Å². The molecule has 3 amide bonds. The summed E-state index contributed by atoms with van der Waals surface area (Å²) in [6.07, 6.45) is 1.00. The number of amides is 3. The number of likely N-dealkylation sites (tertiary alicyclic amines) is 1. The Morgan fingerprint density at radius 3 is 2.63 bits per heavy atom. The number of fused-ring (bicyclic) bond motifs is 1. The zero-order chi connectivity index (χ0) is 21.3. The summed E-state index contributed by atoms with van der Waals surface area (Å²) >= 11 is 1.26. The van der Waals surface area contributed by atoms with Crippen LogP contribution in [0.5, 0.6) is 0 Å². The van der Waals surface area contributed by atoms with Gasteiger partial charge in [-0.2, -0.15) is 0 Å². The van der Waals surface area contributed by atoms with Crippen LogP contribution in [0.25, 0.3) is 0 Å². The highest BCUT2D eigenvalue weighted by atomic mass is 32.2. The molecule has 0 saturated carbocycles. The van der Waals surface area contributed by atoms with Gasteiger partial charge in [-0.25, -0.2) is 4.39 Å². The maximum absolute atomic E-state index is 13.7. The summed E-state index contributed by atoms with van der Waals surface area (Å²) in [5.74, 6) is -1.34. The molecule has 1 fully saturated rings. The van der Waals surface area contributed by atoms with Crippen LogP contribution in [0.15, 0.2) is 47.4 Å². The smallest absolute Gasteiger partial charge is 0.247 e. The van der Waals surface area contributed by atoms with Gasteiger partial charge in [0.2, 0.25) is 17.7 Å². The molecule has 1 saturated heterocycles. The van der Waals surface area contributed by atoms with Crippen LogP contribution >= 0.6 is 11.8 Å². The Hall–Kier alpha value is -2.87. The molecule has 0 spiro atoms. The lowest BCUT2D eigenvalue weighted by atomic mass is 9.95. The molecule has 2 N–H and O–H groups in total. The minimum absolute atomic E-state index is 0.177. The first kappa shape index (κ1) is 20.4. The molecule has 6 nitrogen and oxygen atoms in total. The highest BCUT2D eigenvalue weighted by Crippen LogP contribution is 2.36. The molecule has 2 aromatic rings. The lowest BCUT2D eigenvalue weighted by molar-refractivity contribution is -0.136. The number of rotatable bonds is 3. The second kappa shape index (κ2) is 8.47. The van der Waals surface area contributed by atoms with E-state index in [0.29, 0.717) is 37.2 Å². The Kier molecular flexibility index (Phi) is 5.76. The van der Waals surface area contributed by atoms with Crippen LogP contribution in [0.1, 0.15) is 18.4 Å². The molecule has 0 aromatic heterocycles. The lowest BCUT2D eigenvalue weighted by Gasteiger charge is -2.34. The molecular formula is C22H22FN3O3S. The molecule has 2 aromatic carbocycles. The van der Waals surface area contributed by atoms with E-state index in [2.05, 4.69) is 10.6 Å². The third-order valence-corrected chi connectivity index (χ3v) is 6.73. The van der Waals surface area contributed by atoms with Crippen molar-refractivity contribution in [1.29, 1.82) is 0 Å². The zero-order valence-corrected chi connectivity index (χ0v) is 17.3. The lowest BCUT2D eigenvalue weighted by Crippen LogP contribution is -2.48. The molecule has 30 heavy (non-hydrogen) atoms. The average molecular weight is 428 g/mol. The van der Waals surface area contributed by atoms with Gasteiger partial charge in [-0.1, -0.05) is 18.2 Å². The number of para-hydroxylation sites is 1. The molecular weight excluding hydrogens is 405 g/mol. The number of hydrogen-bond donors (Lipinski definition) is 2. The van der Waals surface area contributed by atoms with Crippen molar-refractivity contribution < 1.29 is 18.8 Å². The Labute approximate surface area is 178 Å². The number of thioether (sulfide) groups is 1. The van der Waals surface area contributed by atoms with Crippen molar-refractivity contribution in [2.75, 3.05) is 23.7 Å². The minimum atomic E-state index is -0.819. The Balaban J connectivity index is 1.34. The number of carbonyl (C=O) groups excluding carboxylic acids is 3. The number of aryl methyl sites for hydroxylation is 1. The molecule has 8 heteroatoms. The number of carbonyl (C=O) groups is 3. The van der Waals surface area contributed by atoms with Crippen LogP contribution in [0.2, 0.25) is 0 Å². The van der Waals surface area contributed by atoms with Gasteiger partial charge >= 0.3 is 0 Å². The van der Waals surface area contributed by atoms with E-state index < -0.39 is 5.25 Å². The van der Waals surface area contributed by atoms with E-state index in [0.717, 1.165) is 10.6 Å². The molecule has 156 valence electrons. The molecule has 0 bridgehead atoms. The van der Waals surface area contributed by atoms with Crippen LogP contribution in [-0.4, -0.2) is 41.0 Å². The first-order chi connectivity index (χ1) is 14.4. The first-order valence-electron chi connectivity index (χ1n) is 9.85. The van der Waals surface area contributed by atoms with Crippen LogP contribution in [0.3, 0.4) is 0 Å². The normalized spacial score (nSPS) is 19.1. The van der Waals surface area contributed by atoms with E-state index in [1.165, 1.54) is 17.8 Å². The second-order valence-electron chi connectivity index (χ2n) is 7.54. The number of piperidine rings is 1. The highest BCUT2D eigenvalue weighted by molar-refractivity contribution is 8.01. The van der Waals surface area contributed by atoms with E-state index in [1.807, 2.05) is 24.3 Å². The number of hydrogen-bond acceptors (Lipinski definition) is 4. The topological polar surface area (TPSA) is 78.5 Å². The molecule has 2 aliphatic heterocycles. The molecule has 2 aliphatic rings. The quantitative estimate of drug-likeness (QED) is 0.736.